The van der Waals surface area contributed by atoms with Crippen molar-refractivity contribution >= 4 is 27.5 Å². The van der Waals surface area contributed by atoms with Crippen LogP contribution in [0.25, 0.3) is 0 Å². The Morgan fingerprint density at radius 3 is 2.39 bits per heavy atom. The number of carbonyl (C=O) groups excluding carboxylic acids is 2. The number of sulfonamides is 1. The highest BCUT2D eigenvalue weighted by molar-refractivity contribution is 7.92. The monoisotopic (exact) mass is 545 g/mol. The minimum atomic E-state index is -3.61. The molecule has 0 saturated carbocycles. The lowest BCUT2D eigenvalue weighted by Crippen LogP contribution is -2.48. The lowest BCUT2D eigenvalue weighted by atomic mass is 10.1. The third-order valence-corrected chi connectivity index (χ3v) is 7.45. The van der Waals surface area contributed by atoms with E-state index in [0.29, 0.717) is 36.9 Å². The van der Waals surface area contributed by atoms with E-state index in [0.717, 1.165) is 17.4 Å². The summed E-state index contributed by atoms with van der Waals surface area (Å²) < 4.78 is 37.6. The fourth-order valence-corrected chi connectivity index (χ4v) is 5.19. The molecule has 0 aliphatic carbocycles. The van der Waals surface area contributed by atoms with Crippen molar-refractivity contribution in [2.45, 2.75) is 53.1 Å². The first-order valence-corrected chi connectivity index (χ1v) is 14.8. The standard InChI is InChI=1S/C28H39N3O6S/c1-20(2)18-29-28(33)22(4)30(19-23-9-6-8-21(3)16-23)27(32)10-7-13-31(38(5,34)35)24-11-12-25-26(17-24)37-15-14-36-25/h6,8-9,11-12,16-17,20,22H,7,10,13-15,18-19H2,1-5H3,(H,29,33)/t22-/m1/s1. The molecule has 0 spiro atoms. The maximum Gasteiger partial charge on any atom is 0.242 e. The van der Waals surface area contributed by atoms with Crippen molar-refractivity contribution in [2.75, 3.05) is 36.9 Å². The molecule has 3 rings (SSSR count). The van der Waals surface area contributed by atoms with Gasteiger partial charge >= 0.3 is 0 Å². The van der Waals surface area contributed by atoms with Crippen molar-refractivity contribution in [3.63, 3.8) is 0 Å². The molecule has 0 radical (unpaired) electrons. The van der Waals surface area contributed by atoms with Crippen LogP contribution in [0.15, 0.2) is 42.5 Å². The maximum absolute atomic E-state index is 13.4. The SMILES string of the molecule is Cc1cccc(CN(C(=O)CCCN(c2ccc3c(c2)OCCO3)S(C)(=O)=O)[C@H](C)C(=O)NCC(C)C)c1. The molecule has 1 aliphatic rings. The van der Waals surface area contributed by atoms with Gasteiger partial charge in [-0.15, -0.1) is 0 Å². The highest BCUT2D eigenvalue weighted by Gasteiger charge is 2.27. The van der Waals surface area contributed by atoms with Crippen molar-refractivity contribution in [1.82, 2.24) is 10.2 Å². The van der Waals surface area contributed by atoms with Crippen LogP contribution in [0.2, 0.25) is 0 Å². The van der Waals surface area contributed by atoms with Crippen LogP contribution in [-0.2, 0) is 26.2 Å². The molecular weight excluding hydrogens is 506 g/mol. The van der Waals surface area contributed by atoms with Gasteiger partial charge in [-0.2, -0.15) is 0 Å². The average molecular weight is 546 g/mol. The maximum atomic E-state index is 13.4. The zero-order valence-electron chi connectivity index (χ0n) is 22.9. The van der Waals surface area contributed by atoms with Crippen LogP contribution in [0.5, 0.6) is 11.5 Å². The topological polar surface area (TPSA) is 105 Å². The highest BCUT2D eigenvalue weighted by atomic mass is 32.2. The van der Waals surface area contributed by atoms with Gasteiger partial charge < -0.3 is 19.7 Å². The van der Waals surface area contributed by atoms with E-state index in [1.54, 1.807) is 30.0 Å². The Hall–Kier alpha value is -3.27. The first-order chi connectivity index (χ1) is 18.0. The molecule has 208 valence electrons. The number of nitrogens with zero attached hydrogens (tertiary/aromatic N) is 2. The van der Waals surface area contributed by atoms with Crippen LogP contribution in [-0.4, -0.2) is 63.7 Å². The van der Waals surface area contributed by atoms with Crippen LogP contribution < -0.4 is 19.1 Å². The summed E-state index contributed by atoms with van der Waals surface area (Å²) in [5.41, 5.74) is 2.44. The molecule has 10 heteroatoms. The number of anilines is 1. The lowest BCUT2D eigenvalue weighted by Gasteiger charge is -2.30. The first-order valence-electron chi connectivity index (χ1n) is 13.0. The molecule has 2 amide bonds. The van der Waals surface area contributed by atoms with Crippen LogP contribution in [0.3, 0.4) is 0 Å². The second-order valence-corrected chi connectivity index (χ2v) is 12.0. The van der Waals surface area contributed by atoms with Gasteiger partial charge in [0, 0.05) is 32.1 Å². The Morgan fingerprint density at radius 2 is 1.74 bits per heavy atom. The fourth-order valence-electron chi connectivity index (χ4n) is 4.23. The van der Waals surface area contributed by atoms with Gasteiger partial charge in [-0.05, 0) is 43.9 Å². The summed E-state index contributed by atoms with van der Waals surface area (Å²) in [7, 11) is -3.61. The molecule has 2 aromatic carbocycles. The van der Waals surface area contributed by atoms with Gasteiger partial charge in [-0.25, -0.2) is 8.42 Å². The smallest absolute Gasteiger partial charge is 0.242 e. The van der Waals surface area contributed by atoms with E-state index in [1.807, 2.05) is 45.0 Å². The van der Waals surface area contributed by atoms with Crippen molar-refractivity contribution in [2.24, 2.45) is 5.92 Å². The van der Waals surface area contributed by atoms with E-state index in [-0.39, 0.29) is 43.7 Å². The van der Waals surface area contributed by atoms with Gasteiger partial charge in [0.25, 0.3) is 0 Å². The summed E-state index contributed by atoms with van der Waals surface area (Å²) in [4.78, 5) is 27.8. The van der Waals surface area contributed by atoms with Gasteiger partial charge in [-0.3, -0.25) is 13.9 Å². The number of hydrogen-bond acceptors (Lipinski definition) is 6. The number of amides is 2. The average Bonchev–Trinajstić information content (AvgIpc) is 2.86. The van der Waals surface area contributed by atoms with Gasteiger partial charge in [0.15, 0.2) is 11.5 Å². The minimum absolute atomic E-state index is 0.0875. The van der Waals surface area contributed by atoms with E-state index in [2.05, 4.69) is 5.32 Å². The molecule has 9 nitrogen and oxygen atoms in total. The minimum Gasteiger partial charge on any atom is -0.486 e. The number of ether oxygens (including phenoxy) is 2. The lowest BCUT2D eigenvalue weighted by molar-refractivity contribution is -0.140. The third kappa shape index (κ3) is 8.11. The van der Waals surface area contributed by atoms with Crippen LogP contribution in [0.4, 0.5) is 5.69 Å². The van der Waals surface area contributed by atoms with Crippen LogP contribution >= 0.6 is 0 Å². The van der Waals surface area contributed by atoms with Gasteiger partial charge in [0.05, 0.1) is 11.9 Å². The van der Waals surface area contributed by atoms with Crippen LogP contribution in [0.1, 0.15) is 44.7 Å². The number of nitrogens with one attached hydrogen (secondary N) is 1. The van der Waals surface area contributed by atoms with Crippen molar-refractivity contribution < 1.29 is 27.5 Å². The third-order valence-electron chi connectivity index (χ3n) is 6.25. The summed E-state index contributed by atoms with van der Waals surface area (Å²) >= 11 is 0. The predicted octanol–water partition coefficient (Wildman–Crippen LogP) is 3.50. The normalized spacial score (nSPS) is 13.6. The summed E-state index contributed by atoms with van der Waals surface area (Å²) in [6.45, 7) is 9.47. The molecule has 0 saturated heterocycles. The number of fused-ring (bicyclic) bond motifs is 1. The van der Waals surface area contributed by atoms with Crippen molar-refractivity contribution in [1.29, 1.82) is 0 Å². The van der Waals surface area contributed by atoms with Gasteiger partial charge in [0.1, 0.15) is 19.3 Å². The van der Waals surface area contributed by atoms with Crippen molar-refractivity contribution in [3.8, 4) is 11.5 Å². The molecule has 1 atom stereocenters. The molecule has 0 unspecified atom stereocenters. The van der Waals surface area contributed by atoms with E-state index in [1.165, 1.54) is 4.31 Å². The molecule has 1 aliphatic heterocycles. The molecule has 0 aromatic heterocycles. The van der Waals surface area contributed by atoms with Gasteiger partial charge in [-0.1, -0.05) is 43.7 Å². The molecule has 2 aromatic rings. The second kappa shape index (κ2) is 13.0. The molecule has 0 fully saturated rings. The Kier molecular flexibility index (Phi) is 10.0. The Balaban J connectivity index is 1.73. The van der Waals surface area contributed by atoms with E-state index in [4.69, 9.17) is 9.47 Å². The summed E-state index contributed by atoms with van der Waals surface area (Å²) in [5, 5.41) is 2.91. The molecular formula is C28H39N3O6S. The fraction of sp³-hybridized carbons (Fsp3) is 0.500. The largest absolute Gasteiger partial charge is 0.486 e. The van der Waals surface area contributed by atoms with Crippen LogP contribution in [0, 0.1) is 12.8 Å². The van der Waals surface area contributed by atoms with E-state index < -0.39 is 16.1 Å². The molecule has 1 N–H and O–H groups in total. The zero-order chi connectivity index (χ0) is 27.9. The highest BCUT2D eigenvalue weighted by Crippen LogP contribution is 2.34. The van der Waals surface area contributed by atoms with E-state index in [9.17, 15) is 18.0 Å². The number of carbonyl (C=O) groups is 2. The zero-order valence-corrected chi connectivity index (χ0v) is 23.7. The Labute approximate surface area is 226 Å². The number of benzene rings is 2. The second-order valence-electron chi connectivity index (χ2n) is 10.1. The quantitative estimate of drug-likeness (QED) is 0.438. The van der Waals surface area contributed by atoms with Crippen molar-refractivity contribution in [3.05, 3.63) is 53.6 Å². The number of rotatable bonds is 12. The summed E-state index contributed by atoms with van der Waals surface area (Å²) in [5.74, 6) is 0.918. The van der Waals surface area contributed by atoms with Gasteiger partial charge in [0.2, 0.25) is 21.8 Å². The summed E-state index contributed by atoms with van der Waals surface area (Å²) in [6, 6.07) is 12.1. The Morgan fingerprint density at radius 1 is 1.03 bits per heavy atom. The number of aryl methyl sites for hydroxylation is 1. The first kappa shape index (κ1) is 29.3. The van der Waals surface area contributed by atoms with E-state index >= 15 is 0 Å². The molecule has 1 heterocycles. The Bertz CT molecular complexity index is 1230. The molecule has 38 heavy (non-hydrogen) atoms. The number of hydrogen-bond donors (Lipinski definition) is 1. The molecule has 0 bridgehead atoms. The summed E-state index contributed by atoms with van der Waals surface area (Å²) in [6.07, 6.45) is 1.51. The predicted molar refractivity (Wildman–Crippen MR) is 148 cm³/mol.